The molecule has 25 heavy (non-hydrogen) atoms. The third-order valence-electron chi connectivity index (χ3n) is 4.64. The number of para-hydroxylation sites is 1. The lowest BCUT2D eigenvalue weighted by molar-refractivity contribution is 0.754. The van der Waals surface area contributed by atoms with Crippen LogP contribution in [0.25, 0.3) is 5.52 Å². The van der Waals surface area contributed by atoms with Crippen molar-refractivity contribution in [3.8, 4) is 0 Å². The first-order valence-corrected chi connectivity index (χ1v) is 9.33. The Kier molecular flexibility index (Phi) is 4.44. The van der Waals surface area contributed by atoms with E-state index in [2.05, 4.69) is 37.4 Å². The predicted molar refractivity (Wildman–Crippen MR) is 106 cm³/mol. The molecule has 2 heterocycles. The zero-order valence-electron chi connectivity index (χ0n) is 13.8. The number of halogens is 1. The van der Waals surface area contributed by atoms with Gasteiger partial charge in [0.05, 0.1) is 28.7 Å². The molecule has 0 saturated heterocycles. The number of hydrogen-bond acceptors (Lipinski definition) is 3. The van der Waals surface area contributed by atoms with E-state index in [4.69, 9.17) is 5.73 Å². The first-order valence-electron chi connectivity index (χ1n) is 8.54. The van der Waals surface area contributed by atoms with Crippen molar-refractivity contribution < 1.29 is 0 Å². The number of nitrogens with two attached hydrogens (primary N) is 1. The summed E-state index contributed by atoms with van der Waals surface area (Å²) in [5.74, 6) is 0.462. The van der Waals surface area contributed by atoms with Gasteiger partial charge in [-0.3, -0.25) is 0 Å². The number of fused-ring (bicyclic) bond motifs is 1. The Morgan fingerprint density at radius 3 is 2.80 bits per heavy atom. The Labute approximate surface area is 155 Å². The van der Waals surface area contributed by atoms with Crippen molar-refractivity contribution >= 4 is 38.7 Å². The van der Waals surface area contributed by atoms with Crippen LogP contribution in [0.5, 0.6) is 0 Å². The summed E-state index contributed by atoms with van der Waals surface area (Å²) in [7, 11) is 0. The molecule has 0 radical (unpaired) electrons. The van der Waals surface area contributed by atoms with Gasteiger partial charge in [0.2, 0.25) is 0 Å². The summed E-state index contributed by atoms with van der Waals surface area (Å²) in [6, 6.07) is 12.3. The van der Waals surface area contributed by atoms with Gasteiger partial charge in [-0.25, -0.2) is 9.51 Å². The number of aliphatic imine (C=N–C) groups is 1. The highest BCUT2D eigenvalue weighted by Gasteiger charge is 2.19. The van der Waals surface area contributed by atoms with E-state index in [0.29, 0.717) is 11.9 Å². The van der Waals surface area contributed by atoms with Crippen LogP contribution in [0.15, 0.2) is 58.3 Å². The van der Waals surface area contributed by atoms with Gasteiger partial charge in [0.25, 0.3) is 0 Å². The van der Waals surface area contributed by atoms with Crippen LogP contribution in [-0.4, -0.2) is 21.5 Å². The number of benzene rings is 1. The van der Waals surface area contributed by atoms with Gasteiger partial charge in [0, 0.05) is 16.7 Å². The lowest BCUT2D eigenvalue weighted by Gasteiger charge is -2.18. The molecule has 1 aliphatic rings. The summed E-state index contributed by atoms with van der Waals surface area (Å²) >= 11 is 3.52. The van der Waals surface area contributed by atoms with E-state index in [1.54, 1.807) is 6.20 Å². The molecule has 0 atom stereocenters. The minimum atomic E-state index is 0.462. The van der Waals surface area contributed by atoms with E-state index in [0.717, 1.165) is 26.9 Å². The second-order valence-corrected chi connectivity index (χ2v) is 7.20. The second-order valence-electron chi connectivity index (χ2n) is 6.35. The van der Waals surface area contributed by atoms with E-state index >= 15 is 0 Å². The fraction of sp³-hybridized carbons (Fsp3) is 0.263. The monoisotopic (exact) mass is 397 g/mol. The second kappa shape index (κ2) is 6.88. The summed E-state index contributed by atoms with van der Waals surface area (Å²) < 4.78 is 2.78. The summed E-state index contributed by atoms with van der Waals surface area (Å²) in [6.07, 6.45) is 8.66. The third-order valence-corrected chi connectivity index (χ3v) is 5.31. The van der Waals surface area contributed by atoms with Gasteiger partial charge in [-0.1, -0.05) is 25.0 Å². The van der Waals surface area contributed by atoms with Crippen molar-refractivity contribution in [1.82, 2.24) is 9.61 Å². The van der Waals surface area contributed by atoms with E-state index in [9.17, 15) is 0 Å². The quantitative estimate of drug-likeness (QED) is 0.503. The third kappa shape index (κ3) is 3.26. The topological polar surface area (TPSA) is 67.7 Å². The van der Waals surface area contributed by atoms with E-state index < -0.39 is 0 Å². The van der Waals surface area contributed by atoms with Gasteiger partial charge in [-0.15, -0.1) is 0 Å². The number of nitrogens with one attached hydrogen (secondary N) is 1. The first-order chi connectivity index (χ1) is 12.2. The van der Waals surface area contributed by atoms with E-state index in [-0.39, 0.29) is 0 Å². The largest absolute Gasteiger partial charge is 0.383 e. The van der Waals surface area contributed by atoms with Crippen molar-refractivity contribution in [2.75, 3.05) is 5.32 Å². The Hall–Kier alpha value is -2.34. The minimum absolute atomic E-state index is 0.462. The summed E-state index contributed by atoms with van der Waals surface area (Å²) in [6.45, 7) is 0. The molecule has 0 bridgehead atoms. The molecule has 5 nitrogen and oxygen atoms in total. The molecular weight excluding hydrogens is 378 g/mol. The van der Waals surface area contributed by atoms with Crippen molar-refractivity contribution in [3.05, 3.63) is 58.8 Å². The van der Waals surface area contributed by atoms with Crippen molar-refractivity contribution in [2.24, 2.45) is 10.7 Å². The highest BCUT2D eigenvalue weighted by Crippen LogP contribution is 2.29. The van der Waals surface area contributed by atoms with Crippen LogP contribution in [-0.2, 0) is 0 Å². The molecule has 3 N–H and O–H groups in total. The number of aromatic nitrogens is 2. The van der Waals surface area contributed by atoms with Gasteiger partial charge >= 0.3 is 0 Å². The molecule has 1 aliphatic carbocycles. The molecule has 1 aromatic carbocycles. The normalized spacial score (nSPS) is 15.8. The molecule has 128 valence electrons. The zero-order chi connectivity index (χ0) is 17.2. The summed E-state index contributed by atoms with van der Waals surface area (Å²) in [5.41, 5.74) is 10.1. The van der Waals surface area contributed by atoms with Crippen molar-refractivity contribution in [1.29, 1.82) is 0 Å². The van der Waals surface area contributed by atoms with Crippen LogP contribution in [0, 0.1) is 0 Å². The molecule has 6 heteroatoms. The smallest absolute Gasteiger partial charge is 0.135 e. The predicted octanol–water partition coefficient (Wildman–Crippen LogP) is 4.49. The Bertz CT molecular complexity index is 924. The van der Waals surface area contributed by atoms with E-state index in [1.165, 1.54) is 25.7 Å². The van der Waals surface area contributed by atoms with Gasteiger partial charge in [0.15, 0.2) is 0 Å². The summed E-state index contributed by atoms with van der Waals surface area (Å²) in [5, 5.41) is 8.15. The van der Waals surface area contributed by atoms with Crippen LogP contribution in [0.4, 0.5) is 11.4 Å². The standard InChI is InChI=1S/C19H20BrN5/c20-15-8-3-4-9-16(15)24-19(21)14-12-22-25-11-5-10-17(25)18(14)23-13-6-1-2-7-13/h3-5,8-13,23H,1-2,6-7H2,(H2,21,24). The maximum Gasteiger partial charge on any atom is 0.135 e. The van der Waals surface area contributed by atoms with Crippen molar-refractivity contribution in [2.45, 2.75) is 31.7 Å². The molecular formula is C19H20BrN5. The lowest BCUT2D eigenvalue weighted by atomic mass is 10.1. The highest BCUT2D eigenvalue weighted by molar-refractivity contribution is 9.10. The Morgan fingerprint density at radius 2 is 2.00 bits per heavy atom. The van der Waals surface area contributed by atoms with Crippen LogP contribution in [0.3, 0.4) is 0 Å². The number of anilines is 1. The molecule has 0 spiro atoms. The fourth-order valence-electron chi connectivity index (χ4n) is 3.35. The first kappa shape index (κ1) is 16.1. The fourth-order valence-corrected chi connectivity index (χ4v) is 3.72. The Morgan fingerprint density at radius 1 is 1.20 bits per heavy atom. The molecule has 1 saturated carbocycles. The highest BCUT2D eigenvalue weighted by atomic mass is 79.9. The van der Waals surface area contributed by atoms with Crippen LogP contribution >= 0.6 is 15.9 Å². The molecule has 4 rings (SSSR count). The zero-order valence-corrected chi connectivity index (χ0v) is 15.4. The van der Waals surface area contributed by atoms with Gasteiger partial charge < -0.3 is 11.1 Å². The van der Waals surface area contributed by atoms with E-state index in [1.807, 2.05) is 41.0 Å². The van der Waals surface area contributed by atoms with Crippen LogP contribution in [0.1, 0.15) is 31.2 Å². The average molecular weight is 398 g/mol. The molecule has 1 fully saturated rings. The lowest BCUT2D eigenvalue weighted by Crippen LogP contribution is -2.22. The summed E-state index contributed by atoms with van der Waals surface area (Å²) in [4.78, 5) is 4.61. The SMILES string of the molecule is NC(=Nc1ccccc1Br)c1cnn2cccc2c1NC1CCCC1. The van der Waals surface area contributed by atoms with Crippen molar-refractivity contribution in [3.63, 3.8) is 0 Å². The molecule has 2 aromatic heterocycles. The maximum absolute atomic E-state index is 6.37. The number of nitrogens with zero attached hydrogens (tertiary/aromatic N) is 3. The molecule has 0 unspecified atom stereocenters. The van der Waals surface area contributed by atoms with Crippen LogP contribution in [0.2, 0.25) is 0 Å². The average Bonchev–Trinajstić information content (AvgIpc) is 3.28. The number of amidine groups is 1. The van der Waals surface area contributed by atoms with Gasteiger partial charge in [-0.05, 0) is 53.0 Å². The number of hydrogen-bond donors (Lipinski definition) is 2. The minimum Gasteiger partial charge on any atom is -0.383 e. The van der Waals surface area contributed by atoms with Gasteiger partial charge in [-0.2, -0.15) is 5.10 Å². The van der Waals surface area contributed by atoms with Gasteiger partial charge in [0.1, 0.15) is 5.84 Å². The molecule has 3 aromatic rings. The molecule has 0 amide bonds. The number of rotatable bonds is 4. The maximum atomic E-state index is 6.37. The van der Waals surface area contributed by atoms with Crippen LogP contribution < -0.4 is 11.1 Å². The Balaban J connectivity index is 1.78. The molecule has 0 aliphatic heterocycles.